The molecule has 1 aromatic rings. The molecule has 0 aliphatic carbocycles. The SMILES string of the molecule is CCCNC(=O)NCCOc1cccc(OCC)c1. The average Bonchev–Trinajstić information content (AvgIpc) is 2.42. The fourth-order valence-electron chi connectivity index (χ4n) is 1.45. The molecule has 0 spiro atoms. The summed E-state index contributed by atoms with van der Waals surface area (Å²) < 4.78 is 10.9. The third-order valence-electron chi connectivity index (χ3n) is 2.31. The van der Waals surface area contributed by atoms with Crippen molar-refractivity contribution in [2.75, 3.05) is 26.3 Å². The molecule has 0 unspecified atom stereocenters. The van der Waals surface area contributed by atoms with E-state index in [0.29, 0.717) is 26.3 Å². The van der Waals surface area contributed by atoms with Gasteiger partial charge in [-0.2, -0.15) is 0 Å². The van der Waals surface area contributed by atoms with Gasteiger partial charge in [-0.1, -0.05) is 13.0 Å². The molecule has 2 amide bonds. The van der Waals surface area contributed by atoms with E-state index in [2.05, 4.69) is 10.6 Å². The molecule has 0 heterocycles. The summed E-state index contributed by atoms with van der Waals surface area (Å²) in [6.07, 6.45) is 0.925. The van der Waals surface area contributed by atoms with Crippen LogP contribution in [0.25, 0.3) is 0 Å². The molecule has 2 N–H and O–H groups in total. The van der Waals surface area contributed by atoms with E-state index in [0.717, 1.165) is 17.9 Å². The zero-order chi connectivity index (χ0) is 13.9. The van der Waals surface area contributed by atoms with Gasteiger partial charge in [0, 0.05) is 12.6 Å². The number of hydrogen-bond donors (Lipinski definition) is 2. The lowest BCUT2D eigenvalue weighted by atomic mass is 10.3. The predicted octanol–water partition coefficient (Wildman–Crippen LogP) is 2.17. The second-order valence-corrected chi connectivity index (χ2v) is 3.94. The van der Waals surface area contributed by atoms with Crippen molar-refractivity contribution in [3.05, 3.63) is 24.3 Å². The standard InChI is InChI=1S/C14H22N2O3/c1-3-8-15-14(17)16-9-10-19-13-7-5-6-12(11-13)18-4-2/h5-7,11H,3-4,8-10H2,1-2H3,(H2,15,16,17). The first kappa shape index (κ1) is 15.1. The lowest BCUT2D eigenvalue weighted by molar-refractivity contribution is 0.236. The Morgan fingerprint density at radius 2 is 1.79 bits per heavy atom. The van der Waals surface area contributed by atoms with Crippen molar-refractivity contribution in [2.24, 2.45) is 0 Å². The second-order valence-electron chi connectivity index (χ2n) is 3.94. The fraction of sp³-hybridized carbons (Fsp3) is 0.500. The Kier molecular flexibility index (Phi) is 7.24. The van der Waals surface area contributed by atoms with Crippen LogP contribution in [0.2, 0.25) is 0 Å². The number of carbonyl (C=O) groups excluding carboxylic acids is 1. The van der Waals surface area contributed by atoms with Gasteiger partial charge >= 0.3 is 6.03 Å². The molecule has 0 atom stereocenters. The van der Waals surface area contributed by atoms with Crippen LogP contribution in [-0.4, -0.2) is 32.3 Å². The molecule has 0 bridgehead atoms. The molecule has 1 aromatic carbocycles. The molecule has 1 rings (SSSR count). The zero-order valence-electron chi connectivity index (χ0n) is 11.6. The first-order chi connectivity index (χ1) is 9.26. The molecule has 0 aliphatic heterocycles. The molecule has 0 aromatic heterocycles. The fourth-order valence-corrected chi connectivity index (χ4v) is 1.45. The largest absolute Gasteiger partial charge is 0.494 e. The summed E-state index contributed by atoms with van der Waals surface area (Å²) in [5, 5.41) is 5.45. The number of carbonyl (C=O) groups is 1. The Morgan fingerprint density at radius 1 is 1.11 bits per heavy atom. The molecule has 0 radical (unpaired) electrons. The van der Waals surface area contributed by atoms with Crippen LogP contribution in [0.4, 0.5) is 4.79 Å². The first-order valence-electron chi connectivity index (χ1n) is 6.63. The molecule has 0 saturated carbocycles. The van der Waals surface area contributed by atoms with Gasteiger partial charge < -0.3 is 20.1 Å². The Labute approximate surface area is 114 Å². The van der Waals surface area contributed by atoms with E-state index in [1.807, 2.05) is 38.1 Å². The van der Waals surface area contributed by atoms with Crippen LogP contribution in [0.3, 0.4) is 0 Å². The lowest BCUT2D eigenvalue weighted by Gasteiger charge is -2.09. The highest BCUT2D eigenvalue weighted by Crippen LogP contribution is 2.18. The van der Waals surface area contributed by atoms with Crippen LogP contribution in [0.5, 0.6) is 11.5 Å². The van der Waals surface area contributed by atoms with E-state index in [9.17, 15) is 4.79 Å². The molecule has 5 heteroatoms. The van der Waals surface area contributed by atoms with Gasteiger partial charge in [-0.25, -0.2) is 4.79 Å². The summed E-state index contributed by atoms with van der Waals surface area (Å²) in [5.41, 5.74) is 0. The normalized spacial score (nSPS) is 9.79. The van der Waals surface area contributed by atoms with Gasteiger partial charge in [0.15, 0.2) is 0 Å². The topological polar surface area (TPSA) is 59.6 Å². The average molecular weight is 266 g/mol. The van der Waals surface area contributed by atoms with Crippen molar-refractivity contribution in [3.63, 3.8) is 0 Å². The molecule has 0 saturated heterocycles. The maximum atomic E-state index is 11.3. The minimum Gasteiger partial charge on any atom is -0.494 e. The molecular formula is C14H22N2O3. The van der Waals surface area contributed by atoms with E-state index in [-0.39, 0.29) is 6.03 Å². The molecule has 0 fully saturated rings. The summed E-state index contributed by atoms with van der Waals surface area (Å²) in [6, 6.07) is 7.29. The van der Waals surface area contributed by atoms with Crippen LogP contribution in [-0.2, 0) is 0 Å². The monoisotopic (exact) mass is 266 g/mol. The quantitative estimate of drug-likeness (QED) is 0.709. The van der Waals surface area contributed by atoms with E-state index in [1.165, 1.54) is 0 Å². The summed E-state index contributed by atoms with van der Waals surface area (Å²) in [5.74, 6) is 1.52. The Bertz CT molecular complexity index is 383. The number of hydrogen-bond acceptors (Lipinski definition) is 3. The molecular weight excluding hydrogens is 244 g/mol. The third kappa shape index (κ3) is 6.55. The summed E-state index contributed by atoms with van der Waals surface area (Å²) in [6.45, 7) is 6.15. The predicted molar refractivity (Wildman–Crippen MR) is 74.8 cm³/mol. The minimum atomic E-state index is -0.159. The van der Waals surface area contributed by atoms with Gasteiger partial charge in [0.05, 0.1) is 13.2 Å². The van der Waals surface area contributed by atoms with E-state index in [1.54, 1.807) is 0 Å². The van der Waals surface area contributed by atoms with Crippen molar-refractivity contribution >= 4 is 6.03 Å². The highest BCUT2D eigenvalue weighted by molar-refractivity contribution is 5.73. The highest BCUT2D eigenvalue weighted by atomic mass is 16.5. The number of nitrogens with one attached hydrogen (secondary N) is 2. The summed E-state index contributed by atoms with van der Waals surface area (Å²) >= 11 is 0. The van der Waals surface area contributed by atoms with Crippen LogP contribution in [0, 0.1) is 0 Å². The van der Waals surface area contributed by atoms with Gasteiger partial charge in [0.25, 0.3) is 0 Å². The van der Waals surface area contributed by atoms with Crippen LogP contribution < -0.4 is 20.1 Å². The first-order valence-corrected chi connectivity index (χ1v) is 6.63. The van der Waals surface area contributed by atoms with Gasteiger partial charge in [-0.05, 0) is 25.5 Å². The third-order valence-corrected chi connectivity index (χ3v) is 2.31. The van der Waals surface area contributed by atoms with Crippen molar-refractivity contribution in [2.45, 2.75) is 20.3 Å². The van der Waals surface area contributed by atoms with Gasteiger partial charge in [0.2, 0.25) is 0 Å². The number of ether oxygens (including phenoxy) is 2. The van der Waals surface area contributed by atoms with Crippen LogP contribution in [0.1, 0.15) is 20.3 Å². The summed E-state index contributed by atoms with van der Waals surface area (Å²) in [7, 11) is 0. The molecule has 0 aliphatic rings. The zero-order valence-corrected chi connectivity index (χ0v) is 11.6. The van der Waals surface area contributed by atoms with Crippen molar-refractivity contribution in [3.8, 4) is 11.5 Å². The molecule has 106 valence electrons. The number of amides is 2. The Balaban J connectivity index is 2.21. The van der Waals surface area contributed by atoms with E-state index in [4.69, 9.17) is 9.47 Å². The van der Waals surface area contributed by atoms with Gasteiger partial charge in [-0.15, -0.1) is 0 Å². The smallest absolute Gasteiger partial charge is 0.314 e. The highest BCUT2D eigenvalue weighted by Gasteiger charge is 1.99. The number of benzene rings is 1. The minimum absolute atomic E-state index is 0.159. The van der Waals surface area contributed by atoms with Crippen LogP contribution in [0.15, 0.2) is 24.3 Å². The maximum Gasteiger partial charge on any atom is 0.314 e. The molecule has 19 heavy (non-hydrogen) atoms. The van der Waals surface area contributed by atoms with E-state index >= 15 is 0 Å². The second kappa shape index (κ2) is 9.08. The number of urea groups is 1. The maximum absolute atomic E-state index is 11.3. The van der Waals surface area contributed by atoms with Gasteiger partial charge in [0.1, 0.15) is 18.1 Å². The summed E-state index contributed by atoms with van der Waals surface area (Å²) in [4.78, 5) is 11.3. The van der Waals surface area contributed by atoms with Crippen LogP contribution >= 0.6 is 0 Å². The van der Waals surface area contributed by atoms with E-state index < -0.39 is 0 Å². The van der Waals surface area contributed by atoms with Crippen molar-refractivity contribution < 1.29 is 14.3 Å². The molecule has 5 nitrogen and oxygen atoms in total. The number of rotatable bonds is 8. The lowest BCUT2D eigenvalue weighted by Crippen LogP contribution is -2.37. The Morgan fingerprint density at radius 3 is 2.47 bits per heavy atom. The Hall–Kier alpha value is -1.91. The van der Waals surface area contributed by atoms with Crippen molar-refractivity contribution in [1.29, 1.82) is 0 Å². The van der Waals surface area contributed by atoms with Crippen molar-refractivity contribution in [1.82, 2.24) is 10.6 Å². The van der Waals surface area contributed by atoms with Gasteiger partial charge in [-0.3, -0.25) is 0 Å².